The van der Waals surface area contributed by atoms with E-state index >= 15 is 0 Å². The molecule has 0 saturated carbocycles. The zero-order valence-electron chi connectivity index (χ0n) is 15.8. The summed E-state index contributed by atoms with van der Waals surface area (Å²) >= 11 is 1.40. The van der Waals surface area contributed by atoms with E-state index in [1.165, 1.54) is 34.9 Å². The largest absolute Gasteiger partial charge is 0.486 e. The number of benzene rings is 1. The van der Waals surface area contributed by atoms with Crippen LogP contribution in [0.2, 0.25) is 0 Å². The maximum absolute atomic E-state index is 13.0. The molecule has 2 amide bonds. The van der Waals surface area contributed by atoms with Crippen molar-refractivity contribution in [1.82, 2.24) is 9.80 Å². The molecule has 0 spiro atoms. The number of non-ortho nitro benzene ring substituents is 1. The second-order valence-corrected chi connectivity index (χ2v) is 8.01. The predicted octanol–water partition coefficient (Wildman–Crippen LogP) is 1.63. The quantitative estimate of drug-likeness (QED) is 0.537. The molecule has 3 aliphatic heterocycles. The van der Waals surface area contributed by atoms with Crippen molar-refractivity contribution in [2.24, 2.45) is 0 Å². The van der Waals surface area contributed by atoms with Gasteiger partial charge in [0.25, 0.3) is 11.6 Å². The molecule has 1 fully saturated rings. The van der Waals surface area contributed by atoms with Crippen LogP contribution in [-0.2, 0) is 14.3 Å². The molecule has 10 nitrogen and oxygen atoms in total. The summed E-state index contributed by atoms with van der Waals surface area (Å²) in [7, 11) is 1.98. The lowest BCUT2D eigenvalue weighted by molar-refractivity contribution is -0.384. The number of hydrogen-bond donors (Lipinski definition) is 0. The average molecular weight is 420 g/mol. The van der Waals surface area contributed by atoms with Gasteiger partial charge in [-0.25, -0.2) is 4.79 Å². The molecule has 0 aromatic heterocycles. The summed E-state index contributed by atoms with van der Waals surface area (Å²) in [5, 5.41) is 11.2. The highest BCUT2D eigenvalue weighted by molar-refractivity contribution is 8.03. The van der Waals surface area contributed by atoms with Crippen LogP contribution in [0, 0.1) is 10.1 Å². The number of hydrogen-bond acceptors (Lipinski definition) is 8. The maximum atomic E-state index is 13.0. The van der Waals surface area contributed by atoms with Crippen molar-refractivity contribution in [2.45, 2.75) is 6.23 Å². The van der Waals surface area contributed by atoms with Crippen LogP contribution in [0.15, 0.2) is 34.9 Å². The van der Waals surface area contributed by atoms with Gasteiger partial charge >= 0.3 is 6.09 Å². The van der Waals surface area contributed by atoms with E-state index in [-0.39, 0.29) is 17.1 Å². The monoisotopic (exact) mass is 420 g/mol. The van der Waals surface area contributed by atoms with Crippen molar-refractivity contribution < 1.29 is 24.0 Å². The molecule has 0 N–H and O–H groups in total. The first-order chi connectivity index (χ1) is 14.0. The summed E-state index contributed by atoms with van der Waals surface area (Å²) in [5.41, 5.74) is 0.122. The zero-order valence-corrected chi connectivity index (χ0v) is 16.6. The molecular formula is C18H20N4O6S. The molecule has 1 atom stereocenters. The van der Waals surface area contributed by atoms with E-state index in [4.69, 9.17) is 9.47 Å². The smallest absolute Gasteiger partial charge is 0.412 e. The van der Waals surface area contributed by atoms with Crippen LogP contribution in [0.4, 0.5) is 16.2 Å². The van der Waals surface area contributed by atoms with E-state index in [2.05, 4.69) is 4.90 Å². The molecule has 4 rings (SSSR count). The average Bonchev–Trinajstić information content (AvgIpc) is 3.00. The lowest BCUT2D eigenvalue weighted by Crippen LogP contribution is -2.49. The second-order valence-electron chi connectivity index (χ2n) is 6.87. The number of nitro benzene ring substituents is 1. The van der Waals surface area contributed by atoms with Crippen LogP contribution in [-0.4, -0.2) is 78.5 Å². The molecule has 1 unspecified atom stereocenters. The SMILES string of the molecule is CN1CCN(C(=O)OC2C3=C(OCCS3)C(=O)N2c2cccc([N+](=O)[O-])c2)CC1. The van der Waals surface area contributed by atoms with E-state index in [0.717, 1.165) is 13.1 Å². The fourth-order valence-corrected chi connectivity index (χ4v) is 4.35. The summed E-state index contributed by atoms with van der Waals surface area (Å²) in [5.74, 6) is 0.296. The van der Waals surface area contributed by atoms with E-state index in [9.17, 15) is 19.7 Å². The van der Waals surface area contributed by atoms with Gasteiger partial charge < -0.3 is 19.3 Å². The fraction of sp³-hybridized carbons (Fsp3) is 0.444. The fourth-order valence-electron chi connectivity index (χ4n) is 3.39. The molecule has 0 radical (unpaired) electrons. The summed E-state index contributed by atoms with van der Waals surface area (Å²) in [6, 6.07) is 5.70. The Morgan fingerprint density at radius 3 is 2.79 bits per heavy atom. The van der Waals surface area contributed by atoms with E-state index in [1.54, 1.807) is 11.0 Å². The first kappa shape index (κ1) is 19.5. The number of nitro groups is 1. The van der Waals surface area contributed by atoms with Gasteiger partial charge in [-0.3, -0.25) is 19.8 Å². The molecule has 0 bridgehead atoms. The van der Waals surface area contributed by atoms with Gasteiger partial charge in [0.05, 0.1) is 22.1 Å². The molecule has 3 aliphatic rings. The van der Waals surface area contributed by atoms with Crippen LogP contribution in [0.3, 0.4) is 0 Å². The minimum absolute atomic E-state index is 0.143. The Bertz CT molecular complexity index is 883. The van der Waals surface area contributed by atoms with Gasteiger partial charge in [-0.2, -0.15) is 0 Å². The third-order valence-corrected chi connectivity index (χ3v) is 6.04. The number of carbonyl (C=O) groups excluding carboxylic acids is 2. The topological polar surface area (TPSA) is 105 Å². The molecule has 1 saturated heterocycles. The highest BCUT2D eigenvalue weighted by Gasteiger charge is 2.46. The van der Waals surface area contributed by atoms with Gasteiger partial charge in [0, 0.05) is 44.1 Å². The Hall–Kier alpha value is -2.79. The summed E-state index contributed by atoms with van der Waals surface area (Å²) < 4.78 is 11.3. The first-order valence-electron chi connectivity index (χ1n) is 9.17. The second kappa shape index (κ2) is 7.91. The Morgan fingerprint density at radius 1 is 1.31 bits per heavy atom. The third kappa shape index (κ3) is 3.75. The molecule has 154 valence electrons. The number of anilines is 1. The number of piperazine rings is 1. The number of amides is 2. The number of nitrogens with zero attached hydrogens (tertiary/aromatic N) is 4. The van der Waals surface area contributed by atoms with Crippen molar-refractivity contribution in [3.8, 4) is 0 Å². The third-order valence-electron chi connectivity index (χ3n) is 4.98. The summed E-state index contributed by atoms with van der Waals surface area (Å²) in [6.07, 6.45) is -1.52. The van der Waals surface area contributed by atoms with Gasteiger partial charge in [-0.15, -0.1) is 11.8 Å². The highest BCUT2D eigenvalue weighted by atomic mass is 32.2. The molecule has 0 aliphatic carbocycles. The van der Waals surface area contributed by atoms with Crippen molar-refractivity contribution in [3.63, 3.8) is 0 Å². The Balaban J connectivity index is 1.63. The van der Waals surface area contributed by atoms with Crippen LogP contribution in [0.1, 0.15) is 0 Å². The van der Waals surface area contributed by atoms with E-state index in [0.29, 0.717) is 30.4 Å². The molecular weight excluding hydrogens is 400 g/mol. The first-order valence-corrected chi connectivity index (χ1v) is 10.2. The molecule has 1 aromatic carbocycles. The van der Waals surface area contributed by atoms with Gasteiger partial charge in [0.1, 0.15) is 0 Å². The Kier molecular flexibility index (Phi) is 5.33. The summed E-state index contributed by atoms with van der Waals surface area (Å²) in [4.78, 5) is 41.9. The van der Waals surface area contributed by atoms with Crippen LogP contribution >= 0.6 is 11.8 Å². The van der Waals surface area contributed by atoms with Gasteiger partial charge in [0.2, 0.25) is 6.23 Å². The number of likely N-dealkylation sites (N-methyl/N-ethyl adjacent to an activating group) is 1. The number of ether oxygens (including phenoxy) is 2. The zero-order chi connectivity index (χ0) is 20.5. The van der Waals surface area contributed by atoms with Gasteiger partial charge in [0.15, 0.2) is 5.76 Å². The molecule has 11 heteroatoms. The number of carbonyl (C=O) groups is 2. The van der Waals surface area contributed by atoms with Crippen molar-refractivity contribution >= 4 is 35.1 Å². The maximum Gasteiger partial charge on any atom is 0.412 e. The normalized spacial score (nSPS) is 22.4. The highest BCUT2D eigenvalue weighted by Crippen LogP contribution is 2.41. The number of rotatable bonds is 3. The predicted molar refractivity (Wildman–Crippen MR) is 105 cm³/mol. The minimum Gasteiger partial charge on any atom is -0.486 e. The van der Waals surface area contributed by atoms with Gasteiger partial charge in [-0.05, 0) is 13.1 Å². The molecule has 1 aromatic rings. The van der Waals surface area contributed by atoms with Crippen molar-refractivity contribution in [2.75, 3.05) is 50.5 Å². The Labute approximate surface area is 171 Å². The standard InChI is InChI=1S/C18H20N4O6S/c1-19-5-7-20(8-6-19)18(24)28-17-15-14(27-9-10-29-15)16(23)21(17)12-3-2-4-13(11-12)22(25)26/h2-4,11,17H,5-10H2,1H3. The van der Waals surface area contributed by atoms with Gasteiger partial charge in [-0.1, -0.05) is 6.07 Å². The van der Waals surface area contributed by atoms with Crippen molar-refractivity contribution in [1.29, 1.82) is 0 Å². The molecule has 29 heavy (non-hydrogen) atoms. The molecule has 3 heterocycles. The van der Waals surface area contributed by atoms with Crippen LogP contribution < -0.4 is 4.90 Å². The van der Waals surface area contributed by atoms with Crippen LogP contribution in [0.5, 0.6) is 0 Å². The lowest BCUT2D eigenvalue weighted by Gasteiger charge is -2.34. The van der Waals surface area contributed by atoms with E-state index < -0.39 is 23.2 Å². The Morgan fingerprint density at radius 2 is 2.07 bits per heavy atom. The summed E-state index contributed by atoms with van der Waals surface area (Å²) in [6.45, 7) is 2.90. The lowest BCUT2D eigenvalue weighted by atomic mass is 10.2. The minimum atomic E-state index is -1.00. The number of thioether (sulfide) groups is 1. The van der Waals surface area contributed by atoms with E-state index in [1.807, 2.05) is 7.05 Å². The van der Waals surface area contributed by atoms with Crippen LogP contribution in [0.25, 0.3) is 0 Å². The van der Waals surface area contributed by atoms with Crippen molar-refractivity contribution in [3.05, 3.63) is 45.0 Å².